The van der Waals surface area contributed by atoms with E-state index in [4.69, 9.17) is 14.7 Å². The highest BCUT2D eigenvalue weighted by Gasteiger charge is 2.28. The molecule has 8 nitrogen and oxygen atoms in total. The lowest BCUT2D eigenvalue weighted by molar-refractivity contribution is -0.124. The molecule has 8 heteroatoms. The first kappa shape index (κ1) is 22.8. The van der Waals surface area contributed by atoms with E-state index in [-0.39, 0.29) is 12.4 Å². The highest BCUT2D eigenvalue weighted by molar-refractivity contribution is 5.92. The van der Waals surface area contributed by atoms with Crippen LogP contribution in [0.1, 0.15) is 18.6 Å². The topological polar surface area (TPSA) is 117 Å². The quantitative estimate of drug-likeness (QED) is 0.238. The summed E-state index contributed by atoms with van der Waals surface area (Å²) in [5, 5.41) is 23.0. The summed E-state index contributed by atoms with van der Waals surface area (Å²) in [5.74, 6) is -0.669. The molecule has 166 valence electrons. The van der Waals surface area contributed by atoms with Gasteiger partial charge in [-0.3, -0.25) is 15.3 Å². The normalized spacial score (nSPS) is 12.9. The number of carbonyl (C=O) groups is 2. The zero-order valence-corrected chi connectivity index (χ0v) is 17.4. The van der Waals surface area contributed by atoms with Crippen LogP contribution >= 0.6 is 0 Å². The lowest BCUT2D eigenvalue weighted by Crippen LogP contribution is -2.28. The molecule has 2 atom stereocenters. The number of ether oxygens (including phenoxy) is 2. The van der Waals surface area contributed by atoms with Gasteiger partial charge >= 0.3 is 6.09 Å². The van der Waals surface area contributed by atoms with Crippen LogP contribution in [0.2, 0.25) is 0 Å². The third-order valence-corrected chi connectivity index (χ3v) is 4.70. The molecule has 0 aromatic heterocycles. The predicted octanol–water partition coefficient (Wildman–Crippen LogP) is 4.30. The van der Waals surface area contributed by atoms with Crippen molar-refractivity contribution in [2.75, 3.05) is 11.9 Å². The summed E-state index contributed by atoms with van der Waals surface area (Å²) in [5.41, 5.74) is 2.65. The fourth-order valence-corrected chi connectivity index (χ4v) is 3.30. The molecule has 0 spiro atoms. The van der Waals surface area contributed by atoms with E-state index in [9.17, 15) is 14.7 Å². The number of phenols is 1. The minimum absolute atomic E-state index is 0.0833. The van der Waals surface area contributed by atoms with Crippen molar-refractivity contribution in [1.29, 1.82) is 0 Å². The van der Waals surface area contributed by atoms with Crippen molar-refractivity contribution < 1.29 is 29.4 Å². The van der Waals surface area contributed by atoms with E-state index in [1.807, 2.05) is 6.07 Å². The van der Waals surface area contributed by atoms with Crippen molar-refractivity contribution in [1.82, 2.24) is 5.48 Å². The number of para-hydroxylation sites is 1. The first-order valence-corrected chi connectivity index (χ1v) is 10.0. The van der Waals surface area contributed by atoms with Crippen molar-refractivity contribution in [2.45, 2.75) is 19.1 Å². The number of phenolic OH excluding ortho intramolecular Hbond substituents is 1. The monoisotopic (exact) mass is 436 g/mol. The molecule has 3 rings (SSSR count). The lowest BCUT2D eigenvalue weighted by atomic mass is 9.96. The molecule has 32 heavy (non-hydrogen) atoms. The number of anilines is 1. The predicted molar refractivity (Wildman–Crippen MR) is 119 cm³/mol. The van der Waals surface area contributed by atoms with Gasteiger partial charge in [-0.05, 0) is 36.6 Å². The van der Waals surface area contributed by atoms with Gasteiger partial charge in [0.15, 0.2) is 6.10 Å². The van der Waals surface area contributed by atoms with Crippen molar-refractivity contribution in [3.05, 3.63) is 84.4 Å². The molecule has 0 aliphatic rings. The van der Waals surface area contributed by atoms with Gasteiger partial charge in [0.05, 0.1) is 0 Å². The van der Waals surface area contributed by atoms with Gasteiger partial charge in [0.1, 0.15) is 11.9 Å². The highest BCUT2D eigenvalue weighted by Crippen LogP contribution is 2.35. The fraction of sp³-hybridized carbons (Fsp3) is 0.167. The first-order valence-electron chi connectivity index (χ1n) is 10.0. The number of benzene rings is 3. The van der Waals surface area contributed by atoms with Gasteiger partial charge < -0.3 is 14.6 Å². The first-order chi connectivity index (χ1) is 15.5. The molecule has 0 heterocycles. The molecule has 3 aromatic carbocycles. The van der Waals surface area contributed by atoms with Crippen molar-refractivity contribution in [2.24, 2.45) is 0 Å². The molecule has 0 saturated heterocycles. The van der Waals surface area contributed by atoms with Crippen LogP contribution in [0.3, 0.4) is 0 Å². The zero-order chi connectivity index (χ0) is 22.9. The Bertz CT molecular complexity index is 1100. The maximum atomic E-state index is 12.7. The molecule has 0 aliphatic carbocycles. The molecule has 0 fully saturated rings. The lowest BCUT2D eigenvalue weighted by Gasteiger charge is -2.26. The molecule has 0 saturated carbocycles. The summed E-state index contributed by atoms with van der Waals surface area (Å²) >= 11 is 0. The van der Waals surface area contributed by atoms with Crippen LogP contribution in [-0.2, 0) is 14.3 Å². The molecule has 3 aromatic rings. The maximum Gasteiger partial charge on any atom is 0.412 e. The number of hydroxylamine groups is 1. The summed E-state index contributed by atoms with van der Waals surface area (Å²) < 4.78 is 11.5. The Morgan fingerprint density at radius 1 is 1.00 bits per heavy atom. The van der Waals surface area contributed by atoms with Crippen LogP contribution in [0.4, 0.5) is 10.5 Å². The van der Waals surface area contributed by atoms with Gasteiger partial charge in [0.2, 0.25) is 0 Å². The Hall–Kier alpha value is -3.88. The number of aromatic hydroxyl groups is 1. The number of carbonyl (C=O) groups excluding carboxylic acids is 2. The van der Waals surface area contributed by atoms with Crippen LogP contribution in [0.15, 0.2) is 78.9 Å². The summed E-state index contributed by atoms with van der Waals surface area (Å²) in [6, 6.07) is 19.1. The van der Waals surface area contributed by atoms with E-state index in [2.05, 4.69) is 5.32 Å². The molecule has 4 N–H and O–H groups in total. The van der Waals surface area contributed by atoms with Gasteiger partial charge in [0, 0.05) is 29.3 Å². The van der Waals surface area contributed by atoms with Crippen LogP contribution in [0.5, 0.6) is 5.75 Å². The van der Waals surface area contributed by atoms with Gasteiger partial charge in [-0.25, -0.2) is 10.3 Å². The average Bonchev–Trinajstić information content (AvgIpc) is 2.81. The standard InChI is InChI=1S/C24H24N2O6/c1-2-31-21(14-15-22(28)26-30)23(32-24(29)25-16-8-4-3-5-9-16)19-12-13-20(27)18-11-7-6-10-17(18)19/h3-15,21,23,27,30H,2H2,1H3,(H,25,29)(H,26,28)/b15-14+/t21-,23-/m1/s1. The SMILES string of the molecule is CCO[C@H](/C=C/C(=O)NO)[C@H](OC(=O)Nc1ccccc1)c1ccc(O)c2ccccc12. The number of nitrogens with one attached hydrogen (secondary N) is 2. The summed E-state index contributed by atoms with van der Waals surface area (Å²) in [4.78, 5) is 24.3. The van der Waals surface area contributed by atoms with Gasteiger partial charge in [0.25, 0.3) is 5.91 Å². The smallest absolute Gasteiger partial charge is 0.412 e. The molecule has 0 radical (unpaired) electrons. The third kappa shape index (κ3) is 5.63. The second-order valence-electron chi connectivity index (χ2n) is 6.79. The minimum atomic E-state index is -0.966. The number of fused-ring (bicyclic) bond motifs is 1. The summed E-state index contributed by atoms with van der Waals surface area (Å²) in [6.07, 6.45) is -0.0484. The van der Waals surface area contributed by atoms with E-state index >= 15 is 0 Å². The number of hydrogen-bond donors (Lipinski definition) is 4. The van der Waals surface area contributed by atoms with Gasteiger partial charge in [-0.1, -0.05) is 48.5 Å². The summed E-state index contributed by atoms with van der Waals surface area (Å²) in [7, 11) is 0. The number of hydrogen-bond acceptors (Lipinski definition) is 6. The third-order valence-electron chi connectivity index (χ3n) is 4.70. The second kappa shape index (κ2) is 10.9. The van der Waals surface area contributed by atoms with E-state index in [1.165, 1.54) is 17.6 Å². The zero-order valence-electron chi connectivity index (χ0n) is 17.4. The maximum absolute atomic E-state index is 12.7. The van der Waals surface area contributed by atoms with Gasteiger partial charge in [-0.2, -0.15) is 0 Å². The van der Waals surface area contributed by atoms with Crippen molar-refractivity contribution in [3.63, 3.8) is 0 Å². The van der Waals surface area contributed by atoms with Crippen LogP contribution in [0.25, 0.3) is 10.8 Å². The molecule has 0 aliphatic heterocycles. The van der Waals surface area contributed by atoms with Gasteiger partial charge in [-0.15, -0.1) is 0 Å². The Labute approximate surface area is 185 Å². The largest absolute Gasteiger partial charge is 0.507 e. The number of amides is 2. The number of rotatable bonds is 8. The Morgan fingerprint density at radius 3 is 2.38 bits per heavy atom. The van der Waals surface area contributed by atoms with E-state index < -0.39 is 24.2 Å². The van der Waals surface area contributed by atoms with Crippen LogP contribution in [-0.4, -0.2) is 35.0 Å². The van der Waals surface area contributed by atoms with Crippen LogP contribution < -0.4 is 10.8 Å². The highest BCUT2D eigenvalue weighted by atomic mass is 16.6. The van der Waals surface area contributed by atoms with Crippen molar-refractivity contribution in [3.8, 4) is 5.75 Å². The Balaban J connectivity index is 2.02. The molecular formula is C24H24N2O6. The minimum Gasteiger partial charge on any atom is -0.507 e. The second-order valence-corrected chi connectivity index (χ2v) is 6.79. The van der Waals surface area contributed by atoms with E-state index in [0.29, 0.717) is 22.0 Å². The van der Waals surface area contributed by atoms with E-state index in [1.54, 1.807) is 61.5 Å². The average molecular weight is 436 g/mol. The fourth-order valence-electron chi connectivity index (χ4n) is 3.30. The molecular weight excluding hydrogens is 412 g/mol. The summed E-state index contributed by atoms with van der Waals surface area (Å²) in [6.45, 7) is 2.04. The Morgan fingerprint density at radius 2 is 1.69 bits per heavy atom. The molecule has 2 amide bonds. The van der Waals surface area contributed by atoms with Crippen molar-refractivity contribution >= 4 is 28.5 Å². The molecule has 0 unspecified atom stereocenters. The van der Waals surface area contributed by atoms with Crippen LogP contribution in [0, 0.1) is 0 Å². The Kier molecular flexibility index (Phi) is 7.80. The molecule has 0 bridgehead atoms. The van der Waals surface area contributed by atoms with E-state index in [0.717, 1.165) is 6.08 Å².